The van der Waals surface area contributed by atoms with Gasteiger partial charge in [0.05, 0.1) is 37.6 Å². The van der Waals surface area contributed by atoms with Gasteiger partial charge in [-0.15, -0.1) is 0 Å². The highest BCUT2D eigenvalue weighted by atomic mass is 31.2. The Hall–Kier alpha value is -1.36. The third kappa shape index (κ3) is 8.60. The van der Waals surface area contributed by atoms with Crippen LogP contribution >= 0.6 is 7.79 Å². The lowest BCUT2D eigenvalue weighted by atomic mass is 10.1. The normalized spacial score (nSPS) is 17.0. The molecule has 1 N–H and O–H groups in total. The second-order valence-corrected chi connectivity index (χ2v) is 12.4. The molecule has 2 rings (SSSR count). The number of ether oxygens (including phenoxy) is 1. The molecule has 1 fully saturated rings. The first-order valence-corrected chi connectivity index (χ1v) is 14.5. The van der Waals surface area contributed by atoms with Crippen molar-refractivity contribution in [3.05, 3.63) is 29.8 Å². The van der Waals surface area contributed by atoms with E-state index in [-0.39, 0.29) is 42.5 Å². The van der Waals surface area contributed by atoms with Crippen LogP contribution in [-0.2, 0) is 19.4 Å². The summed E-state index contributed by atoms with van der Waals surface area (Å²) in [6.07, 6.45) is 0.559. The largest absolute Gasteiger partial charge is 0.497 e. The Labute approximate surface area is 216 Å². The quantitative estimate of drug-likeness (QED) is 0.263. The molecule has 1 atom stereocenters. The molecular formula is C25H45N3O7P+. The van der Waals surface area contributed by atoms with Crippen LogP contribution in [0.4, 0.5) is 0 Å². The number of nitrogens with zero attached hydrogens (tertiary/aromatic N) is 3. The van der Waals surface area contributed by atoms with E-state index in [9.17, 15) is 9.69 Å². The van der Waals surface area contributed by atoms with Gasteiger partial charge in [0.25, 0.3) is 5.91 Å². The predicted octanol–water partition coefficient (Wildman–Crippen LogP) is 5.02. The first-order chi connectivity index (χ1) is 16.9. The average molecular weight is 531 g/mol. The number of hydrogen-bond donors (Lipinski definition) is 1. The van der Waals surface area contributed by atoms with Crippen LogP contribution in [0.1, 0.15) is 78.6 Å². The van der Waals surface area contributed by atoms with Gasteiger partial charge in [-0.3, -0.25) is 4.79 Å². The Kier molecular flexibility index (Phi) is 12.0. The SMILES string of the molecule is COc1ccc(C(=O)N2CCC[C@H]2C[P+](O)(N(OC(C)C)OC(C)C)N(OC(C)C)OC(C)C)cc1. The van der Waals surface area contributed by atoms with Crippen LogP contribution in [0.3, 0.4) is 0 Å². The van der Waals surface area contributed by atoms with Gasteiger partial charge in [0.15, 0.2) is 0 Å². The van der Waals surface area contributed by atoms with Crippen molar-refractivity contribution in [1.29, 1.82) is 0 Å². The molecule has 0 spiro atoms. The lowest BCUT2D eigenvalue weighted by molar-refractivity contribution is -0.382. The van der Waals surface area contributed by atoms with Crippen LogP contribution in [-0.4, -0.2) is 76.0 Å². The summed E-state index contributed by atoms with van der Waals surface area (Å²) in [7, 11) is -1.98. The molecular weight excluding hydrogens is 485 g/mol. The monoisotopic (exact) mass is 530 g/mol. The molecule has 0 aliphatic carbocycles. The Morgan fingerprint density at radius 2 is 1.36 bits per heavy atom. The minimum absolute atomic E-state index is 0.103. The third-order valence-electron chi connectivity index (χ3n) is 5.16. The average Bonchev–Trinajstić information content (AvgIpc) is 3.24. The molecule has 0 unspecified atom stereocenters. The van der Waals surface area contributed by atoms with E-state index in [0.717, 1.165) is 12.8 Å². The number of methoxy groups -OCH3 is 1. The molecule has 1 aliphatic heterocycles. The third-order valence-corrected chi connectivity index (χ3v) is 7.49. The van der Waals surface area contributed by atoms with Crippen molar-refractivity contribution in [2.75, 3.05) is 19.8 Å². The van der Waals surface area contributed by atoms with Crippen LogP contribution in [0.2, 0.25) is 0 Å². The molecule has 11 heteroatoms. The van der Waals surface area contributed by atoms with Gasteiger partial charge >= 0.3 is 7.79 Å². The smallest absolute Gasteiger partial charge is 0.401 e. The Morgan fingerprint density at radius 3 is 1.75 bits per heavy atom. The second kappa shape index (κ2) is 14.0. The van der Waals surface area contributed by atoms with Gasteiger partial charge < -0.3 is 9.64 Å². The number of carbonyl (C=O) groups is 1. The maximum Gasteiger partial charge on any atom is 0.401 e. The van der Waals surface area contributed by atoms with Gasteiger partial charge in [0.2, 0.25) is 0 Å². The number of amides is 1. The van der Waals surface area contributed by atoms with Gasteiger partial charge in [0, 0.05) is 12.1 Å². The number of hydrogen-bond acceptors (Lipinski definition) is 9. The van der Waals surface area contributed by atoms with E-state index in [1.165, 1.54) is 9.99 Å². The van der Waals surface area contributed by atoms with Crippen molar-refractivity contribution >= 4 is 13.7 Å². The van der Waals surface area contributed by atoms with Crippen molar-refractivity contribution in [3.8, 4) is 5.75 Å². The summed E-state index contributed by atoms with van der Waals surface area (Å²) in [5.74, 6) is 0.582. The molecule has 0 radical (unpaired) electrons. The van der Waals surface area contributed by atoms with Crippen molar-refractivity contribution in [3.63, 3.8) is 0 Å². The molecule has 1 amide bonds. The Morgan fingerprint density at radius 1 is 0.917 bits per heavy atom. The van der Waals surface area contributed by atoms with Gasteiger partial charge in [-0.2, -0.15) is 0 Å². The standard InChI is InChI=1S/C25H45N3O7P/c1-18(2)32-27(33-19(3)4)36(30,28(34-20(5)6)35-21(7)8)17-23-11-10-16-26(23)25(29)22-12-14-24(31-9)15-13-22/h12-15,18-21,23,30H,10-11,16-17H2,1-9H3/q+1/t23-/m0/s1. The fourth-order valence-electron chi connectivity index (χ4n) is 3.74. The predicted molar refractivity (Wildman–Crippen MR) is 140 cm³/mol. The first-order valence-electron chi connectivity index (χ1n) is 12.7. The molecule has 0 bridgehead atoms. The summed E-state index contributed by atoms with van der Waals surface area (Å²) in [4.78, 5) is 53.8. The second-order valence-electron chi connectivity index (χ2n) is 9.99. The molecule has 206 valence electrons. The lowest BCUT2D eigenvalue weighted by Crippen LogP contribution is -2.47. The maximum atomic E-state index is 13.5. The fraction of sp³-hybridized carbons (Fsp3) is 0.720. The molecule has 1 heterocycles. The highest BCUT2D eigenvalue weighted by molar-refractivity contribution is 7.65. The van der Waals surface area contributed by atoms with Crippen LogP contribution in [0.15, 0.2) is 24.3 Å². The highest BCUT2D eigenvalue weighted by Crippen LogP contribution is 2.64. The number of benzene rings is 1. The highest BCUT2D eigenvalue weighted by Gasteiger charge is 2.61. The van der Waals surface area contributed by atoms with E-state index < -0.39 is 7.79 Å². The van der Waals surface area contributed by atoms with E-state index in [1.807, 2.05) is 55.4 Å². The summed E-state index contributed by atoms with van der Waals surface area (Å²) in [5.41, 5.74) is 0.562. The minimum atomic E-state index is -3.57. The van der Waals surface area contributed by atoms with E-state index in [1.54, 1.807) is 36.3 Å². The molecule has 1 aromatic rings. The van der Waals surface area contributed by atoms with Crippen molar-refractivity contribution in [1.82, 2.24) is 14.9 Å². The number of rotatable bonds is 14. The topological polar surface area (TPSA) is 93.2 Å². The van der Waals surface area contributed by atoms with E-state index in [4.69, 9.17) is 24.1 Å². The lowest BCUT2D eigenvalue weighted by Gasteiger charge is -2.37. The summed E-state index contributed by atoms with van der Waals surface area (Å²) in [6, 6.07) is 6.77. The zero-order chi connectivity index (χ0) is 27.0. The van der Waals surface area contributed by atoms with Crippen LogP contribution in [0, 0.1) is 0 Å². The summed E-state index contributed by atoms with van der Waals surface area (Å²) in [5, 5.41) is 0. The van der Waals surface area contributed by atoms with Gasteiger partial charge in [-0.1, -0.05) is 0 Å². The van der Waals surface area contributed by atoms with E-state index in [2.05, 4.69) is 0 Å². The van der Waals surface area contributed by atoms with Gasteiger partial charge in [0.1, 0.15) is 21.9 Å². The zero-order valence-corrected chi connectivity index (χ0v) is 24.1. The number of carbonyl (C=O) groups excluding carboxylic acids is 1. The zero-order valence-electron chi connectivity index (χ0n) is 23.2. The first kappa shape index (κ1) is 30.9. The summed E-state index contributed by atoms with van der Waals surface area (Å²) < 4.78 is 5.22. The minimum Gasteiger partial charge on any atom is -0.497 e. The molecule has 10 nitrogen and oxygen atoms in total. The molecule has 1 saturated heterocycles. The molecule has 0 aromatic heterocycles. The van der Waals surface area contributed by atoms with Gasteiger partial charge in [-0.25, -0.2) is 24.2 Å². The van der Waals surface area contributed by atoms with E-state index in [0.29, 0.717) is 17.9 Å². The Bertz CT molecular complexity index is 763. The number of likely N-dealkylation sites (tertiary alicyclic amines) is 1. The van der Waals surface area contributed by atoms with Crippen molar-refractivity contribution in [2.24, 2.45) is 0 Å². The molecule has 0 saturated carbocycles. The molecule has 1 aromatic carbocycles. The summed E-state index contributed by atoms with van der Waals surface area (Å²) in [6.45, 7) is 15.4. The summed E-state index contributed by atoms with van der Waals surface area (Å²) >= 11 is 0. The maximum absolute atomic E-state index is 13.5. The van der Waals surface area contributed by atoms with Crippen LogP contribution < -0.4 is 4.74 Å². The Balaban J connectivity index is 2.44. The van der Waals surface area contributed by atoms with Crippen LogP contribution in [0.25, 0.3) is 0 Å². The molecule has 36 heavy (non-hydrogen) atoms. The van der Waals surface area contributed by atoms with Crippen LogP contribution in [0.5, 0.6) is 5.75 Å². The van der Waals surface area contributed by atoms with E-state index >= 15 is 0 Å². The van der Waals surface area contributed by atoms with Gasteiger partial charge in [-0.05, 0) is 92.5 Å². The van der Waals surface area contributed by atoms with Crippen molar-refractivity contribution in [2.45, 2.75) is 98.7 Å². The van der Waals surface area contributed by atoms with Crippen molar-refractivity contribution < 1.29 is 33.8 Å². The fourth-order valence-corrected chi connectivity index (χ4v) is 6.43. The molecule has 1 aliphatic rings.